The summed E-state index contributed by atoms with van der Waals surface area (Å²) in [7, 11) is 1.23. The summed E-state index contributed by atoms with van der Waals surface area (Å²) in [5.74, 6) is -0.645. The fourth-order valence-electron chi connectivity index (χ4n) is 3.37. The van der Waals surface area contributed by atoms with Crippen LogP contribution in [-0.4, -0.2) is 48.9 Å². The van der Waals surface area contributed by atoms with Crippen LogP contribution in [0.1, 0.15) is 31.9 Å². The molecule has 9 heteroatoms. The number of nitrogens with zero attached hydrogens (tertiary/aromatic N) is 1. The van der Waals surface area contributed by atoms with Crippen molar-refractivity contribution >= 4 is 17.6 Å². The normalized spacial score (nSPS) is 15.7. The molecule has 0 bridgehead atoms. The molecule has 0 aromatic heterocycles. The largest absolute Gasteiger partial charge is 0.485 e. The summed E-state index contributed by atoms with van der Waals surface area (Å²) in [6, 6.07) is 12.7. The molecule has 34 heavy (non-hydrogen) atoms. The van der Waals surface area contributed by atoms with E-state index in [2.05, 4.69) is 4.74 Å². The molecular formula is C25H27F2NO6. The number of benzene rings is 2. The van der Waals surface area contributed by atoms with Crippen molar-refractivity contribution in [3.05, 3.63) is 65.7 Å². The van der Waals surface area contributed by atoms with Crippen LogP contribution in [-0.2, 0) is 20.9 Å². The molecule has 1 heterocycles. The van der Waals surface area contributed by atoms with Crippen molar-refractivity contribution in [2.45, 2.75) is 45.6 Å². The third-order valence-corrected chi connectivity index (χ3v) is 4.87. The molecule has 0 saturated carbocycles. The van der Waals surface area contributed by atoms with Crippen molar-refractivity contribution in [2.75, 3.05) is 13.7 Å². The van der Waals surface area contributed by atoms with Crippen molar-refractivity contribution in [1.29, 1.82) is 0 Å². The van der Waals surface area contributed by atoms with E-state index in [1.807, 2.05) is 30.3 Å². The van der Waals surface area contributed by atoms with Crippen molar-refractivity contribution in [2.24, 2.45) is 0 Å². The van der Waals surface area contributed by atoms with Crippen LogP contribution in [0.5, 0.6) is 11.5 Å². The van der Waals surface area contributed by atoms with Gasteiger partial charge in [0.05, 0.1) is 13.7 Å². The summed E-state index contributed by atoms with van der Waals surface area (Å²) < 4.78 is 46.5. The first-order valence-corrected chi connectivity index (χ1v) is 10.6. The zero-order valence-corrected chi connectivity index (χ0v) is 19.4. The predicted molar refractivity (Wildman–Crippen MR) is 121 cm³/mol. The lowest BCUT2D eigenvalue weighted by atomic mass is 10.1. The van der Waals surface area contributed by atoms with E-state index in [9.17, 15) is 18.4 Å². The number of carbonyl (C=O) groups is 2. The Morgan fingerprint density at radius 2 is 1.79 bits per heavy atom. The zero-order chi connectivity index (χ0) is 24.9. The van der Waals surface area contributed by atoms with Gasteiger partial charge in [-0.3, -0.25) is 4.90 Å². The molecule has 0 saturated heterocycles. The van der Waals surface area contributed by atoms with Crippen molar-refractivity contribution in [3.8, 4) is 11.5 Å². The average molecular weight is 475 g/mol. The van der Waals surface area contributed by atoms with Crippen LogP contribution in [0.4, 0.5) is 13.6 Å². The molecule has 1 aliphatic rings. The Labute approximate surface area is 196 Å². The lowest BCUT2D eigenvalue weighted by molar-refractivity contribution is -0.144. The second kappa shape index (κ2) is 10.5. The Kier molecular flexibility index (Phi) is 7.75. The summed E-state index contributed by atoms with van der Waals surface area (Å²) in [4.78, 5) is 26.3. The first kappa shape index (κ1) is 25.0. The third-order valence-electron chi connectivity index (χ3n) is 4.87. The standard InChI is InChI=1S/C25H27F2NO6/c1-25(2,3)34-24(30)28-14-18(12-19(28)22(29)31-4)17-10-11-20(33-23(26)27)21(13-17)32-15-16-8-6-5-7-9-16/h5-13,19,23H,14-15H2,1-4H3/t19-/m1/s1. The SMILES string of the molecule is COC(=O)[C@H]1C=C(c2ccc(OC(F)F)c(OCc3ccccc3)c2)CN1C(=O)OC(C)(C)C. The summed E-state index contributed by atoms with van der Waals surface area (Å²) in [6.45, 7) is 2.34. The Hall–Kier alpha value is -3.62. The van der Waals surface area contributed by atoms with Gasteiger partial charge in [0.15, 0.2) is 17.5 Å². The maximum atomic E-state index is 12.9. The monoisotopic (exact) mass is 475 g/mol. The minimum Gasteiger partial charge on any atom is -0.485 e. The number of carbonyl (C=O) groups excluding carboxylic acids is 2. The molecule has 0 unspecified atom stereocenters. The van der Waals surface area contributed by atoms with Gasteiger partial charge in [-0.25, -0.2) is 9.59 Å². The van der Waals surface area contributed by atoms with Crippen LogP contribution in [0, 0.1) is 0 Å². The molecule has 1 aliphatic heterocycles. The van der Waals surface area contributed by atoms with Crippen molar-refractivity contribution in [1.82, 2.24) is 4.90 Å². The number of hydrogen-bond donors (Lipinski definition) is 0. The van der Waals surface area contributed by atoms with Gasteiger partial charge in [0, 0.05) is 0 Å². The molecule has 0 aliphatic carbocycles. The average Bonchev–Trinajstić information content (AvgIpc) is 3.23. The first-order valence-electron chi connectivity index (χ1n) is 10.6. The molecule has 1 amide bonds. The highest BCUT2D eigenvalue weighted by Crippen LogP contribution is 2.35. The molecule has 2 aromatic rings. The van der Waals surface area contributed by atoms with E-state index in [-0.39, 0.29) is 24.7 Å². The van der Waals surface area contributed by atoms with Crippen LogP contribution in [0.15, 0.2) is 54.6 Å². The molecular weight excluding hydrogens is 448 g/mol. The fourth-order valence-corrected chi connectivity index (χ4v) is 3.37. The molecule has 0 fully saturated rings. The van der Waals surface area contributed by atoms with E-state index < -0.39 is 30.3 Å². The second-order valence-electron chi connectivity index (χ2n) is 8.58. The Morgan fingerprint density at radius 1 is 1.09 bits per heavy atom. The predicted octanol–water partition coefficient (Wildman–Crippen LogP) is 5.04. The van der Waals surface area contributed by atoms with E-state index in [1.165, 1.54) is 18.1 Å². The molecule has 182 valence electrons. The number of esters is 1. The van der Waals surface area contributed by atoms with Gasteiger partial charge in [0.2, 0.25) is 0 Å². The highest BCUT2D eigenvalue weighted by Gasteiger charge is 2.37. The summed E-state index contributed by atoms with van der Waals surface area (Å²) >= 11 is 0. The van der Waals surface area contributed by atoms with Gasteiger partial charge in [-0.2, -0.15) is 8.78 Å². The highest BCUT2D eigenvalue weighted by atomic mass is 19.3. The number of rotatable bonds is 7. The minimum absolute atomic E-state index is 0.0574. The van der Waals surface area contributed by atoms with Crippen LogP contribution >= 0.6 is 0 Å². The summed E-state index contributed by atoms with van der Waals surface area (Å²) in [5.41, 5.74) is 1.27. The Morgan fingerprint density at radius 3 is 2.41 bits per heavy atom. The molecule has 1 atom stereocenters. The van der Waals surface area contributed by atoms with Crippen molar-refractivity contribution in [3.63, 3.8) is 0 Å². The van der Waals surface area contributed by atoms with Crippen LogP contribution in [0.2, 0.25) is 0 Å². The van der Waals surface area contributed by atoms with Gasteiger partial charge >= 0.3 is 18.7 Å². The minimum atomic E-state index is -3.03. The topological polar surface area (TPSA) is 74.3 Å². The van der Waals surface area contributed by atoms with E-state index >= 15 is 0 Å². The van der Waals surface area contributed by atoms with Crippen molar-refractivity contribution < 1.29 is 37.3 Å². The molecule has 3 rings (SSSR count). The quantitative estimate of drug-likeness (QED) is 0.522. The number of halogens is 2. The van der Waals surface area contributed by atoms with Gasteiger partial charge in [0.25, 0.3) is 0 Å². The van der Waals surface area contributed by atoms with Crippen LogP contribution < -0.4 is 9.47 Å². The second-order valence-corrected chi connectivity index (χ2v) is 8.58. The molecule has 0 spiro atoms. The number of ether oxygens (including phenoxy) is 4. The van der Waals surface area contributed by atoms with E-state index in [0.717, 1.165) is 5.56 Å². The first-order chi connectivity index (χ1) is 16.1. The van der Waals surface area contributed by atoms with E-state index in [4.69, 9.17) is 14.2 Å². The third kappa shape index (κ3) is 6.46. The van der Waals surface area contributed by atoms with Crippen LogP contribution in [0.3, 0.4) is 0 Å². The molecule has 2 aromatic carbocycles. The fraction of sp³-hybridized carbons (Fsp3) is 0.360. The Balaban J connectivity index is 1.89. The Bertz CT molecular complexity index is 1050. The molecule has 7 nitrogen and oxygen atoms in total. The van der Waals surface area contributed by atoms with Gasteiger partial charge in [-0.05, 0) is 55.7 Å². The van der Waals surface area contributed by atoms with E-state index in [1.54, 1.807) is 39.0 Å². The lowest BCUT2D eigenvalue weighted by Gasteiger charge is -2.27. The number of methoxy groups -OCH3 is 1. The summed E-state index contributed by atoms with van der Waals surface area (Å²) in [6.07, 6.45) is 0.909. The number of amides is 1. The van der Waals surface area contributed by atoms with Gasteiger partial charge < -0.3 is 18.9 Å². The zero-order valence-electron chi connectivity index (χ0n) is 19.4. The van der Waals surface area contributed by atoms with Gasteiger partial charge in [-0.1, -0.05) is 36.4 Å². The number of hydrogen-bond acceptors (Lipinski definition) is 6. The molecule has 0 N–H and O–H groups in total. The van der Waals surface area contributed by atoms with E-state index in [0.29, 0.717) is 11.1 Å². The van der Waals surface area contributed by atoms with Gasteiger partial charge in [0.1, 0.15) is 12.2 Å². The number of alkyl halides is 2. The van der Waals surface area contributed by atoms with Gasteiger partial charge in [-0.15, -0.1) is 0 Å². The lowest BCUT2D eigenvalue weighted by Crippen LogP contribution is -2.44. The molecule has 0 radical (unpaired) electrons. The smallest absolute Gasteiger partial charge is 0.411 e. The highest BCUT2D eigenvalue weighted by molar-refractivity contribution is 5.90. The summed E-state index contributed by atoms with van der Waals surface area (Å²) in [5, 5.41) is 0. The maximum Gasteiger partial charge on any atom is 0.411 e. The maximum absolute atomic E-state index is 12.9. The van der Waals surface area contributed by atoms with Crippen LogP contribution in [0.25, 0.3) is 5.57 Å².